The molecule has 1 heterocycles. The zero-order chi connectivity index (χ0) is 13.1. The summed E-state index contributed by atoms with van der Waals surface area (Å²) in [5, 5.41) is 2.30. The van der Waals surface area contributed by atoms with Crippen molar-refractivity contribution in [3.8, 4) is 0 Å². The molecule has 0 radical (unpaired) electrons. The van der Waals surface area contributed by atoms with Crippen molar-refractivity contribution in [1.29, 1.82) is 0 Å². The first-order valence-electron chi connectivity index (χ1n) is 5.92. The van der Waals surface area contributed by atoms with Gasteiger partial charge in [-0.2, -0.15) is 0 Å². The van der Waals surface area contributed by atoms with Gasteiger partial charge in [-0.25, -0.2) is 4.39 Å². The highest BCUT2D eigenvalue weighted by atomic mass is 19.1. The number of likely N-dealkylation sites (N-methyl/N-ethyl adjacent to an activating group) is 1. The van der Waals surface area contributed by atoms with Gasteiger partial charge in [0.1, 0.15) is 5.82 Å². The monoisotopic (exact) mass is 250 g/mol. The predicted molar refractivity (Wildman–Crippen MR) is 64.0 cm³/mol. The molecule has 18 heavy (non-hydrogen) atoms. The van der Waals surface area contributed by atoms with Crippen molar-refractivity contribution in [3.63, 3.8) is 0 Å². The van der Waals surface area contributed by atoms with Crippen LogP contribution in [-0.4, -0.2) is 29.3 Å². The zero-order valence-corrected chi connectivity index (χ0v) is 10.1. The normalized spacial score (nSPS) is 19.4. The number of amides is 2. The number of rotatable bonds is 4. The Kier molecular flexibility index (Phi) is 3.72. The van der Waals surface area contributed by atoms with Crippen LogP contribution >= 0.6 is 0 Å². The summed E-state index contributed by atoms with van der Waals surface area (Å²) in [5.41, 5.74) is 0.922. The second kappa shape index (κ2) is 5.27. The van der Waals surface area contributed by atoms with Crippen LogP contribution in [0.25, 0.3) is 0 Å². The lowest BCUT2D eigenvalue weighted by Crippen LogP contribution is -2.40. The van der Waals surface area contributed by atoms with Gasteiger partial charge in [0.25, 0.3) is 0 Å². The minimum Gasteiger partial charge on any atom is -0.295 e. The summed E-state index contributed by atoms with van der Waals surface area (Å²) in [4.78, 5) is 24.7. The third kappa shape index (κ3) is 2.73. The maximum atomic E-state index is 12.8. The van der Waals surface area contributed by atoms with E-state index in [4.69, 9.17) is 0 Å². The van der Waals surface area contributed by atoms with Crippen LogP contribution in [0.4, 0.5) is 4.39 Å². The highest BCUT2D eigenvalue weighted by molar-refractivity contribution is 6.05. The minimum atomic E-state index is -0.410. The van der Waals surface area contributed by atoms with Crippen LogP contribution in [0.1, 0.15) is 18.9 Å². The van der Waals surface area contributed by atoms with Crippen molar-refractivity contribution >= 4 is 11.8 Å². The van der Waals surface area contributed by atoms with Crippen molar-refractivity contribution in [2.45, 2.75) is 25.9 Å². The van der Waals surface area contributed by atoms with Gasteiger partial charge in [0.15, 0.2) is 0 Å². The Morgan fingerprint density at radius 3 is 2.50 bits per heavy atom. The molecule has 0 aliphatic carbocycles. The molecule has 0 unspecified atom stereocenters. The Hall–Kier alpha value is -1.75. The number of imide groups is 1. The van der Waals surface area contributed by atoms with E-state index < -0.39 is 6.04 Å². The molecule has 96 valence electrons. The molecule has 4 nitrogen and oxygen atoms in total. The van der Waals surface area contributed by atoms with E-state index in [1.165, 1.54) is 12.1 Å². The Balaban J connectivity index is 2.07. The SMILES string of the molecule is CCN(Cc1ccc(F)cc1)[C@H]1CC(=O)NC1=O. The van der Waals surface area contributed by atoms with Gasteiger partial charge in [-0.05, 0) is 24.2 Å². The molecule has 0 spiro atoms. The van der Waals surface area contributed by atoms with Crippen LogP contribution in [0, 0.1) is 5.82 Å². The Morgan fingerprint density at radius 1 is 1.33 bits per heavy atom. The van der Waals surface area contributed by atoms with E-state index in [-0.39, 0.29) is 24.1 Å². The molecule has 0 bridgehead atoms. The molecule has 5 heteroatoms. The summed E-state index contributed by atoms with van der Waals surface area (Å²) in [5.74, 6) is -0.762. The quantitative estimate of drug-likeness (QED) is 0.813. The smallest absolute Gasteiger partial charge is 0.244 e. The summed E-state index contributed by atoms with van der Waals surface area (Å²) in [7, 11) is 0. The molecule has 2 rings (SSSR count). The Bertz CT molecular complexity index is 459. The van der Waals surface area contributed by atoms with Crippen LogP contribution < -0.4 is 5.32 Å². The van der Waals surface area contributed by atoms with Gasteiger partial charge in [-0.1, -0.05) is 19.1 Å². The van der Waals surface area contributed by atoms with E-state index in [1.807, 2.05) is 11.8 Å². The molecular weight excluding hydrogens is 235 g/mol. The average molecular weight is 250 g/mol. The lowest BCUT2D eigenvalue weighted by atomic mass is 10.1. The fourth-order valence-corrected chi connectivity index (χ4v) is 2.10. The standard InChI is InChI=1S/C13H15FN2O2/c1-2-16(11-7-12(17)15-13(11)18)8-9-3-5-10(14)6-4-9/h3-6,11H,2,7-8H2,1H3,(H,15,17,18)/t11-/m0/s1. The third-order valence-corrected chi connectivity index (χ3v) is 3.09. The summed E-state index contributed by atoms with van der Waals surface area (Å²) < 4.78 is 12.8. The minimum absolute atomic E-state index is 0.202. The third-order valence-electron chi connectivity index (χ3n) is 3.09. The maximum absolute atomic E-state index is 12.8. The molecule has 1 N–H and O–H groups in total. The number of carbonyl (C=O) groups excluding carboxylic acids is 2. The van der Waals surface area contributed by atoms with Crippen molar-refractivity contribution in [2.75, 3.05) is 6.54 Å². The van der Waals surface area contributed by atoms with Gasteiger partial charge in [0.05, 0.1) is 12.5 Å². The molecule has 1 aromatic rings. The number of halogens is 1. The van der Waals surface area contributed by atoms with E-state index >= 15 is 0 Å². The number of hydrogen-bond acceptors (Lipinski definition) is 3. The van der Waals surface area contributed by atoms with Crippen molar-refractivity contribution in [3.05, 3.63) is 35.6 Å². The Morgan fingerprint density at radius 2 is 2.00 bits per heavy atom. The second-order valence-electron chi connectivity index (χ2n) is 4.32. The number of nitrogens with one attached hydrogen (secondary N) is 1. The zero-order valence-electron chi connectivity index (χ0n) is 10.1. The first-order valence-corrected chi connectivity index (χ1v) is 5.92. The van der Waals surface area contributed by atoms with Crippen molar-refractivity contribution < 1.29 is 14.0 Å². The molecule has 2 amide bonds. The van der Waals surface area contributed by atoms with Crippen LogP contribution in [0.15, 0.2) is 24.3 Å². The summed E-state index contributed by atoms with van der Waals surface area (Å²) in [6.45, 7) is 3.12. The molecule has 1 saturated heterocycles. The van der Waals surface area contributed by atoms with E-state index in [2.05, 4.69) is 5.32 Å². The molecule has 0 saturated carbocycles. The molecule has 1 aliphatic heterocycles. The van der Waals surface area contributed by atoms with Gasteiger partial charge in [-0.3, -0.25) is 19.8 Å². The number of benzene rings is 1. The van der Waals surface area contributed by atoms with Gasteiger partial charge in [0, 0.05) is 6.54 Å². The lowest BCUT2D eigenvalue weighted by molar-refractivity contribution is -0.126. The molecule has 1 atom stereocenters. The van der Waals surface area contributed by atoms with Crippen molar-refractivity contribution in [1.82, 2.24) is 10.2 Å². The largest absolute Gasteiger partial charge is 0.295 e. The van der Waals surface area contributed by atoms with Gasteiger partial charge in [0.2, 0.25) is 11.8 Å². The summed E-state index contributed by atoms with van der Waals surface area (Å²) >= 11 is 0. The fraction of sp³-hybridized carbons (Fsp3) is 0.385. The highest BCUT2D eigenvalue weighted by Gasteiger charge is 2.34. The molecule has 1 fully saturated rings. The van der Waals surface area contributed by atoms with E-state index in [9.17, 15) is 14.0 Å². The number of hydrogen-bond donors (Lipinski definition) is 1. The fourth-order valence-electron chi connectivity index (χ4n) is 2.10. The van der Waals surface area contributed by atoms with E-state index in [0.717, 1.165) is 5.56 Å². The second-order valence-corrected chi connectivity index (χ2v) is 4.32. The number of nitrogens with zero attached hydrogens (tertiary/aromatic N) is 1. The predicted octanol–water partition coefficient (Wildman–Crippen LogP) is 1.06. The van der Waals surface area contributed by atoms with Gasteiger partial charge >= 0.3 is 0 Å². The van der Waals surface area contributed by atoms with Gasteiger partial charge < -0.3 is 0 Å². The maximum Gasteiger partial charge on any atom is 0.244 e. The van der Waals surface area contributed by atoms with Crippen molar-refractivity contribution in [2.24, 2.45) is 0 Å². The van der Waals surface area contributed by atoms with Gasteiger partial charge in [-0.15, -0.1) is 0 Å². The van der Waals surface area contributed by atoms with Crippen LogP contribution in [-0.2, 0) is 16.1 Å². The van der Waals surface area contributed by atoms with Crippen LogP contribution in [0.3, 0.4) is 0 Å². The first-order chi connectivity index (χ1) is 8.60. The summed E-state index contributed by atoms with van der Waals surface area (Å²) in [6.07, 6.45) is 0.202. The van der Waals surface area contributed by atoms with E-state index in [0.29, 0.717) is 13.1 Å². The lowest BCUT2D eigenvalue weighted by Gasteiger charge is -2.24. The topological polar surface area (TPSA) is 49.4 Å². The van der Waals surface area contributed by atoms with Crippen LogP contribution in [0.5, 0.6) is 0 Å². The molecule has 1 aromatic carbocycles. The molecule has 1 aliphatic rings. The molecular formula is C13H15FN2O2. The first kappa shape index (κ1) is 12.7. The summed E-state index contributed by atoms with van der Waals surface area (Å²) in [6, 6.07) is 5.75. The molecule has 0 aromatic heterocycles. The number of carbonyl (C=O) groups is 2. The van der Waals surface area contributed by atoms with Crippen LogP contribution in [0.2, 0.25) is 0 Å². The average Bonchev–Trinajstić information content (AvgIpc) is 2.68. The Labute approximate surface area is 105 Å². The highest BCUT2D eigenvalue weighted by Crippen LogP contribution is 2.15. The van der Waals surface area contributed by atoms with E-state index in [1.54, 1.807) is 12.1 Å².